The van der Waals surface area contributed by atoms with Gasteiger partial charge in [-0.1, -0.05) is 44.0 Å². The van der Waals surface area contributed by atoms with Crippen molar-refractivity contribution in [2.24, 2.45) is 17.4 Å². The minimum absolute atomic E-state index is 0.00422. The summed E-state index contributed by atoms with van der Waals surface area (Å²) in [5, 5.41) is 3.89. The van der Waals surface area contributed by atoms with Gasteiger partial charge in [-0.15, -0.1) is 0 Å². The third-order valence-corrected chi connectivity index (χ3v) is 5.65. The quantitative estimate of drug-likeness (QED) is 0.615. The first-order valence-corrected chi connectivity index (χ1v) is 9.72. The zero-order valence-corrected chi connectivity index (χ0v) is 16.4. The highest BCUT2D eigenvalue weighted by molar-refractivity contribution is 6.30. The fourth-order valence-corrected chi connectivity index (χ4v) is 3.91. The maximum atomic E-state index is 12.6. The summed E-state index contributed by atoms with van der Waals surface area (Å²) >= 11 is 6.05. The molecule has 5 N–H and O–H groups in total. The van der Waals surface area contributed by atoms with Crippen LogP contribution in [-0.4, -0.2) is 23.9 Å². The number of halogens is 1. The Kier molecular flexibility index (Phi) is 7.07. The van der Waals surface area contributed by atoms with Crippen molar-refractivity contribution in [3.63, 3.8) is 0 Å². The van der Waals surface area contributed by atoms with Crippen molar-refractivity contribution in [2.45, 2.75) is 69.9 Å². The van der Waals surface area contributed by atoms with Crippen molar-refractivity contribution in [3.05, 3.63) is 34.9 Å². The Balaban J connectivity index is 2.18. The number of carbonyl (C=O) groups is 2. The fraction of sp³-hybridized carbons (Fsp3) is 0.600. The average Bonchev–Trinajstić information content (AvgIpc) is 2.52. The molecule has 2 unspecified atom stereocenters. The van der Waals surface area contributed by atoms with Gasteiger partial charge in [-0.3, -0.25) is 9.59 Å². The van der Waals surface area contributed by atoms with Gasteiger partial charge < -0.3 is 16.8 Å². The highest BCUT2D eigenvalue weighted by Crippen LogP contribution is 2.48. The van der Waals surface area contributed by atoms with E-state index in [0.29, 0.717) is 10.9 Å². The van der Waals surface area contributed by atoms with Crippen LogP contribution in [-0.2, 0) is 15.0 Å². The van der Waals surface area contributed by atoms with Gasteiger partial charge in [-0.2, -0.15) is 0 Å². The van der Waals surface area contributed by atoms with Crippen molar-refractivity contribution >= 4 is 23.4 Å². The molecular formula is C20H30ClN3O2. The number of rotatable bonds is 9. The molecule has 1 aromatic rings. The van der Waals surface area contributed by atoms with E-state index in [4.69, 9.17) is 23.1 Å². The smallest absolute Gasteiger partial charge is 0.237 e. The summed E-state index contributed by atoms with van der Waals surface area (Å²) in [7, 11) is 0. The van der Waals surface area contributed by atoms with Crippen LogP contribution in [0, 0.1) is 5.92 Å². The van der Waals surface area contributed by atoms with Crippen LogP contribution in [0.4, 0.5) is 0 Å². The van der Waals surface area contributed by atoms with E-state index in [1.54, 1.807) is 0 Å². The summed E-state index contributed by atoms with van der Waals surface area (Å²) in [4.78, 5) is 23.6. The molecule has 0 heterocycles. The highest BCUT2D eigenvalue weighted by atomic mass is 35.5. The summed E-state index contributed by atoms with van der Waals surface area (Å²) in [5.41, 5.74) is 12.3. The molecule has 26 heavy (non-hydrogen) atoms. The molecule has 0 radical (unpaired) electrons. The first-order valence-electron chi connectivity index (χ1n) is 9.35. The minimum atomic E-state index is -0.723. The van der Waals surface area contributed by atoms with E-state index in [-0.39, 0.29) is 30.2 Å². The van der Waals surface area contributed by atoms with Crippen molar-refractivity contribution < 1.29 is 9.59 Å². The molecule has 1 fully saturated rings. The highest BCUT2D eigenvalue weighted by Gasteiger charge is 2.46. The predicted molar refractivity (Wildman–Crippen MR) is 105 cm³/mol. The monoisotopic (exact) mass is 379 g/mol. The molecule has 1 saturated carbocycles. The molecule has 5 nitrogen and oxygen atoms in total. The topological polar surface area (TPSA) is 98.2 Å². The van der Waals surface area contributed by atoms with Crippen LogP contribution in [0.5, 0.6) is 0 Å². The lowest BCUT2D eigenvalue weighted by molar-refractivity contribution is -0.124. The van der Waals surface area contributed by atoms with Crippen molar-refractivity contribution in [1.29, 1.82) is 0 Å². The van der Waals surface area contributed by atoms with Crippen molar-refractivity contribution in [3.8, 4) is 0 Å². The Morgan fingerprint density at radius 2 is 1.85 bits per heavy atom. The van der Waals surface area contributed by atoms with E-state index in [2.05, 4.69) is 31.3 Å². The maximum absolute atomic E-state index is 12.6. The fourth-order valence-electron chi connectivity index (χ4n) is 3.78. The van der Waals surface area contributed by atoms with Crippen LogP contribution in [0.1, 0.15) is 57.9 Å². The molecule has 2 atom stereocenters. The number of carbonyl (C=O) groups excluding carboxylic acids is 2. The SMILES string of the molecule is CC(C)CC(NC(=O)C(N)CCC(N)=O)C1(c2ccc(Cl)cc2)CCC1. The van der Waals surface area contributed by atoms with Crippen LogP contribution in [0.3, 0.4) is 0 Å². The lowest BCUT2D eigenvalue weighted by Gasteiger charge is -2.49. The number of nitrogens with two attached hydrogens (primary N) is 2. The van der Waals surface area contributed by atoms with Gasteiger partial charge in [0.05, 0.1) is 6.04 Å². The summed E-state index contributed by atoms with van der Waals surface area (Å²) in [6.45, 7) is 4.31. The average molecular weight is 380 g/mol. The number of amides is 2. The Bertz CT molecular complexity index is 626. The molecule has 2 amide bonds. The number of primary amides is 1. The molecule has 1 aliphatic carbocycles. The second-order valence-corrected chi connectivity index (χ2v) is 8.26. The molecule has 144 valence electrons. The van der Waals surface area contributed by atoms with E-state index < -0.39 is 11.9 Å². The van der Waals surface area contributed by atoms with Gasteiger partial charge in [-0.05, 0) is 49.3 Å². The number of hydrogen-bond acceptors (Lipinski definition) is 3. The molecule has 0 bridgehead atoms. The Labute approximate surface area is 160 Å². The zero-order chi connectivity index (χ0) is 19.3. The summed E-state index contributed by atoms with van der Waals surface area (Å²) in [6.07, 6.45) is 4.46. The third-order valence-electron chi connectivity index (χ3n) is 5.39. The normalized spacial score (nSPS) is 18.0. The van der Waals surface area contributed by atoms with Gasteiger partial charge in [0, 0.05) is 22.9 Å². The summed E-state index contributed by atoms with van der Waals surface area (Å²) in [6, 6.07) is 7.22. The van der Waals surface area contributed by atoms with E-state index in [9.17, 15) is 9.59 Å². The van der Waals surface area contributed by atoms with Gasteiger partial charge in [0.25, 0.3) is 0 Å². The molecule has 1 aliphatic rings. The molecule has 2 rings (SSSR count). The van der Waals surface area contributed by atoms with E-state index in [0.717, 1.165) is 25.7 Å². The van der Waals surface area contributed by atoms with E-state index >= 15 is 0 Å². The third kappa shape index (κ3) is 4.98. The molecular weight excluding hydrogens is 350 g/mol. The molecule has 1 aromatic carbocycles. The summed E-state index contributed by atoms with van der Waals surface area (Å²) in [5.74, 6) is -0.215. The van der Waals surface area contributed by atoms with Gasteiger partial charge in [-0.25, -0.2) is 0 Å². The Hall–Kier alpha value is -1.59. The van der Waals surface area contributed by atoms with E-state index in [1.807, 2.05) is 12.1 Å². The maximum Gasteiger partial charge on any atom is 0.237 e. The number of hydrogen-bond donors (Lipinski definition) is 3. The molecule has 0 aromatic heterocycles. The lowest BCUT2D eigenvalue weighted by Crippen LogP contribution is -2.57. The van der Waals surface area contributed by atoms with Gasteiger partial charge in [0.2, 0.25) is 11.8 Å². The first-order chi connectivity index (χ1) is 12.2. The van der Waals surface area contributed by atoms with Crippen LogP contribution < -0.4 is 16.8 Å². The Morgan fingerprint density at radius 3 is 2.31 bits per heavy atom. The lowest BCUT2D eigenvalue weighted by atomic mass is 9.58. The molecule has 0 spiro atoms. The standard InChI is InChI=1S/C20H30ClN3O2/c1-13(2)12-17(24-19(26)16(22)8-9-18(23)25)20(10-3-11-20)14-4-6-15(21)7-5-14/h4-7,13,16-17H,3,8-12,22H2,1-2H3,(H2,23,25)(H,24,26). The molecule has 6 heteroatoms. The van der Waals surface area contributed by atoms with E-state index in [1.165, 1.54) is 5.56 Å². The van der Waals surface area contributed by atoms with Crippen LogP contribution in [0.25, 0.3) is 0 Å². The largest absolute Gasteiger partial charge is 0.370 e. The molecule has 0 saturated heterocycles. The van der Waals surface area contributed by atoms with Crippen molar-refractivity contribution in [1.82, 2.24) is 5.32 Å². The second kappa shape index (κ2) is 8.87. The number of benzene rings is 1. The van der Waals surface area contributed by atoms with Crippen molar-refractivity contribution in [2.75, 3.05) is 0 Å². The van der Waals surface area contributed by atoms with Crippen LogP contribution in [0.2, 0.25) is 5.02 Å². The van der Waals surface area contributed by atoms with Gasteiger partial charge >= 0.3 is 0 Å². The van der Waals surface area contributed by atoms with Crippen LogP contribution in [0.15, 0.2) is 24.3 Å². The minimum Gasteiger partial charge on any atom is -0.370 e. The zero-order valence-electron chi connectivity index (χ0n) is 15.6. The second-order valence-electron chi connectivity index (χ2n) is 7.82. The predicted octanol–water partition coefficient (Wildman–Crippen LogP) is 2.89. The van der Waals surface area contributed by atoms with Crippen LogP contribution >= 0.6 is 11.6 Å². The van der Waals surface area contributed by atoms with Gasteiger partial charge in [0.15, 0.2) is 0 Å². The Morgan fingerprint density at radius 1 is 1.23 bits per heavy atom. The number of nitrogens with one attached hydrogen (secondary N) is 1. The molecule has 0 aliphatic heterocycles. The van der Waals surface area contributed by atoms with Gasteiger partial charge in [0.1, 0.15) is 0 Å². The first kappa shape index (κ1) is 20.7. The summed E-state index contributed by atoms with van der Waals surface area (Å²) < 4.78 is 0.